The lowest BCUT2D eigenvalue weighted by Gasteiger charge is -2.33. The Morgan fingerprint density at radius 3 is 2.00 bits per heavy atom. The molecule has 0 atom stereocenters. The summed E-state index contributed by atoms with van der Waals surface area (Å²) in [6.07, 6.45) is 2.24. The van der Waals surface area contributed by atoms with E-state index in [-0.39, 0.29) is 0 Å². The second-order valence-electron chi connectivity index (χ2n) is 3.66. The summed E-state index contributed by atoms with van der Waals surface area (Å²) >= 11 is 0. The minimum absolute atomic E-state index is 0.351. The molecule has 78 valence electrons. The minimum Gasteiger partial charge on any atom is -0.298 e. The van der Waals surface area contributed by atoms with Gasteiger partial charge in [-0.15, -0.1) is 0 Å². The molecule has 1 heterocycles. The maximum atomic E-state index is 11.2. The Balaban J connectivity index is 2.49. The Kier molecular flexibility index (Phi) is 3.74. The van der Waals surface area contributed by atoms with Gasteiger partial charge in [-0.05, 0) is 12.8 Å². The van der Waals surface area contributed by atoms with Gasteiger partial charge in [0.15, 0.2) is 9.84 Å². The summed E-state index contributed by atoms with van der Waals surface area (Å²) in [5.41, 5.74) is 0. The zero-order valence-electron chi connectivity index (χ0n) is 8.49. The van der Waals surface area contributed by atoms with Gasteiger partial charge in [0, 0.05) is 19.1 Å². The van der Waals surface area contributed by atoms with Gasteiger partial charge in [-0.3, -0.25) is 4.90 Å². The van der Waals surface area contributed by atoms with Crippen molar-refractivity contribution < 1.29 is 8.42 Å². The fraction of sp³-hybridized carbons (Fsp3) is 1.00. The molecular formula is C9H19NO2S. The van der Waals surface area contributed by atoms with Gasteiger partial charge in [0.25, 0.3) is 0 Å². The number of sulfone groups is 1. The van der Waals surface area contributed by atoms with Crippen molar-refractivity contribution in [3.05, 3.63) is 0 Å². The summed E-state index contributed by atoms with van der Waals surface area (Å²) in [4.78, 5) is 2.31. The second kappa shape index (κ2) is 4.42. The van der Waals surface area contributed by atoms with E-state index in [1.807, 2.05) is 0 Å². The Morgan fingerprint density at radius 2 is 1.62 bits per heavy atom. The molecule has 0 aromatic heterocycles. The number of hydrogen-bond donors (Lipinski definition) is 0. The molecule has 0 radical (unpaired) electrons. The summed E-state index contributed by atoms with van der Waals surface area (Å²) < 4.78 is 22.3. The fourth-order valence-corrected chi connectivity index (χ4v) is 3.13. The van der Waals surface area contributed by atoms with Crippen LogP contribution in [0, 0.1) is 0 Å². The van der Waals surface area contributed by atoms with Crippen LogP contribution in [0.25, 0.3) is 0 Å². The van der Waals surface area contributed by atoms with Crippen LogP contribution in [0.2, 0.25) is 0 Å². The first-order valence-corrected chi connectivity index (χ1v) is 6.85. The van der Waals surface area contributed by atoms with E-state index in [2.05, 4.69) is 18.7 Å². The van der Waals surface area contributed by atoms with Crippen molar-refractivity contribution in [1.82, 2.24) is 4.90 Å². The summed E-state index contributed by atoms with van der Waals surface area (Å²) in [6.45, 7) is 5.79. The van der Waals surface area contributed by atoms with Crippen molar-refractivity contribution in [3.8, 4) is 0 Å². The molecule has 0 aromatic carbocycles. The van der Waals surface area contributed by atoms with Crippen LogP contribution in [-0.2, 0) is 9.84 Å². The monoisotopic (exact) mass is 205 g/mol. The normalized spacial score (nSPS) is 23.6. The van der Waals surface area contributed by atoms with E-state index in [1.54, 1.807) is 0 Å². The quantitative estimate of drug-likeness (QED) is 0.687. The molecule has 0 aromatic rings. The van der Waals surface area contributed by atoms with Gasteiger partial charge in [-0.1, -0.05) is 13.8 Å². The number of hydrogen-bond acceptors (Lipinski definition) is 3. The highest BCUT2D eigenvalue weighted by Gasteiger charge is 2.24. The molecule has 13 heavy (non-hydrogen) atoms. The van der Waals surface area contributed by atoms with Crippen molar-refractivity contribution in [1.29, 1.82) is 0 Å². The standard InChI is InChI=1S/C9H19NO2S/c1-3-9(4-2)10-5-7-13(11,12)8-6-10/h9H,3-8H2,1-2H3. The first-order valence-electron chi connectivity index (χ1n) is 5.03. The van der Waals surface area contributed by atoms with Gasteiger partial charge in [0.05, 0.1) is 11.5 Å². The van der Waals surface area contributed by atoms with Crippen molar-refractivity contribution in [3.63, 3.8) is 0 Å². The molecule has 1 aliphatic heterocycles. The predicted octanol–water partition coefficient (Wildman–Crippen LogP) is 0.905. The van der Waals surface area contributed by atoms with Gasteiger partial charge in [-0.2, -0.15) is 0 Å². The van der Waals surface area contributed by atoms with Gasteiger partial charge >= 0.3 is 0 Å². The molecule has 0 bridgehead atoms. The molecule has 0 amide bonds. The van der Waals surface area contributed by atoms with E-state index in [0.29, 0.717) is 17.5 Å². The summed E-state index contributed by atoms with van der Waals surface area (Å²) in [7, 11) is -2.71. The fourth-order valence-electron chi connectivity index (χ4n) is 1.90. The van der Waals surface area contributed by atoms with Gasteiger partial charge in [-0.25, -0.2) is 8.42 Å². The first kappa shape index (κ1) is 11.0. The minimum atomic E-state index is -2.71. The molecule has 1 fully saturated rings. The zero-order valence-corrected chi connectivity index (χ0v) is 9.31. The summed E-state index contributed by atoms with van der Waals surface area (Å²) in [6, 6.07) is 0.579. The lowest BCUT2D eigenvalue weighted by atomic mass is 10.1. The highest BCUT2D eigenvalue weighted by Crippen LogP contribution is 2.12. The average molecular weight is 205 g/mol. The number of nitrogens with zero attached hydrogens (tertiary/aromatic N) is 1. The van der Waals surface area contributed by atoms with Crippen molar-refractivity contribution >= 4 is 9.84 Å². The highest BCUT2D eigenvalue weighted by atomic mass is 32.2. The van der Waals surface area contributed by atoms with E-state index in [0.717, 1.165) is 25.9 Å². The Hall–Kier alpha value is -0.0900. The third kappa shape index (κ3) is 2.95. The van der Waals surface area contributed by atoms with Gasteiger partial charge in [0.2, 0.25) is 0 Å². The van der Waals surface area contributed by atoms with E-state index in [9.17, 15) is 8.42 Å². The largest absolute Gasteiger partial charge is 0.298 e. The molecule has 1 saturated heterocycles. The van der Waals surface area contributed by atoms with E-state index < -0.39 is 9.84 Å². The third-order valence-electron chi connectivity index (χ3n) is 2.84. The van der Waals surface area contributed by atoms with Crippen LogP contribution in [0.15, 0.2) is 0 Å². The van der Waals surface area contributed by atoms with Gasteiger partial charge < -0.3 is 0 Å². The molecule has 4 heteroatoms. The van der Waals surface area contributed by atoms with Crippen LogP contribution in [0.1, 0.15) is 26.7 Å². The van der Waals surface area contributed by atoms with Crippen molar-refractivity contribution in [2.45, 2.75) is 32.7 Å². The maximum Gasteiger partial charge on any atom is 0.152 e. The third-order valence-corrected chi connectivity index (χ3v) is 4.45. The molecule has 0 N–H and O–H groups in total. The summed E-state index contributed by atoms with van der Waals surface area (Å²) in [5, 5.41) is 0. The molecule has 0 aliphatic carbocycles. The van der Waals surface area contributed by atoms with Crippen LogP contribution in [-0.4, -0.2) is 44.0 Å². The molecular weight excluding hydrogens is 186 g/mol. The van der Waals surface area contributed by atoms with Crippen molar-refractivity contribution in [2.75, 3.05) is 24.6 Å². The Labute approximate surface area is 81.0 Å². The summed E-state index contributed by atoms with van der Waals surface area (Å²) in [5.74, 6) is 0.701. The maximum absolute atomic E-state index is 11.2. The van der Waals surface area contributed by atoms with Crippen LogP contribution < -0.4 is 0 Å². The SMILES string of the molecule is CCC(CC)N1CCS(=O)(=O)CC1. The average Bonchev–Trinajstić information content (AvgIpc) is 2.09. The van der Waals surface area contributed by atoms with Gasteiger partial charge in [0.1, 0.15) is 0 Å². The molecule has 3 nitrogen and oxygen atoms in total. The predicted molar refractivity (Wildman–Crippen MR) is 54.6 cm³/mol. The number of rotatable bonds is 3. The highest BCUT2D eigenvalue weighted by molar-refractivity contribution is 7.91. The lowest BCUT2D eigenvalue weighted by Crippen LogP contribution is -2.45. The zero-order chi connectivity index (χ0) is 9.90. The van der Waals surface area contributed by atoms with Crippen LogP contribution in [0.4, 0.5) is 0 Å². The van der Waals surface area contributed by atoms with E-state index >= 15 is 0 Å². The van der Waals surface area contributed by atoms with Crippen LogP contribution in [0.3, 0.4) is 0 Å². The smallest absolute Gasteiger partial charge is 0.152 e. The first-order chi connectivity index (χ1) is 6.09. The molecule has 0 spiro atoms. The van der Waals surface area contributed by atoms with E-state index in [4.69, 9.17) is 0 Å². The van der Waals surface area contributed by atoms with Crippen LogP contribution >= 0.6 is 0 Å². The van der Waals surface area contributed by atoms with Crippen LogP contribution in [0.5, 0.6) is 0 Å². The Morgan fingerprint density at radius 1 is 1.15 bits per heavy atom. The molecule has 0 saturated carbocycles. The topological polar surface area (TPSA) is 37.4 Å². The van der Waals surface area contributed by atoms with E-state index in [1.165, 1.54) is 0 Å². The molecule has 0 unspecified atom stereocenters. The second-order valence-corrected chi connectivity index (χ2v) is 5.96. The Bertz CT molecular complexity index is 230. The molecule has 1 aliphatic rings. The molecule has 1 rings (SSSR count). The lowest BCUT2D eigenvalue weighted by molar-refractivity contribution is 0.201. The van der Waals surface area contributed by atoms with Crippen molar-refractivity contribution in [2.24, 2.45) is 0 Å².